The Kier molecular flexibility index (Phi) is 3.32. The Bertz CT molecular complexity index is 533. The second-order valence-electron chi connectivity index (χ2n) is 4.05. The Balaban J connectivity index is 2.45. The van der Waals surface area contributed by atoms with Crippen molar-refractivity contribution in [2.24, 2.45) is 4.99 Å². The average Bonchev–Trinajstić information content (AvgIpc) is 2.56. The summed E-state index contributed by atoms with van der Waals surface area (Å²) in [7, 11) is 4.95. The van der Waals surface area contributed by atoms with Gasteiger partial charge in [-0.15, -0.1) is 0 Å². The number of methoxy groups -OCH3 is 1. The first-order valence-corrected chi connectivity index (χ1v) is 5.53. The van der Waals surface area contributed by atoms with Crippen LogP contribution in [0, 0.1) is 0 Å². The maximum atomic E-state index is 11.9. The lowest BCUT2D eigenvalue weighted by Gasteiger charge is -2.14. The topological polar surface area (TPSA) is 53.9 Å². The summed E-state index contributed by atoms with van der Waals surface area (Å²) in [6, 6.07) is 7.56. The van der Waals surface area contributed by atoms with Crippen molar-refractivity contribution in [2.45, 2.75) is 0 Å². The summed E-state index contributed by atoms with van der Waals surface area (Å²) >= 11 is 0. The van der Waals surface area contributed by atoms with Gasteiger partial charge in [-0.3, -0.25) is 4.79 Å². The maximum Gasteiger partial charge on any atom is 0.271 e. The third-order valence-electron chi connectivity index (χ3n) is 2.57. The molecule has 0 atom stereocenters. The van der Waals surface area contributed by atoms with Crippen molar-refractivity contribution in [3.63, 3.8) is 0 Å². The van der Waals surface area contributed by atoms with E-state index in [9.17, 15) is 4.79 Å². The Morgan fingerprint density at radius 2 is 2.06 bits per heavy atom. The van der Waals surface area contributed by atoms with E-state index in [0.29, 0.717) is 11.6 Å². The highest BCUT2D eigenvalue weighted by atomic mass is 16.5. The van der Waals surface area contributed by atoms with Crippen LogP contribution < -0.4 is 5.32 Å². The molecule has 0 unspecified atom stereocenters. The Morgan fingerprint density at radius 3 is 2.72 bits per heavy atom. The molecule has 2 rings (SSSR count). The van der Waals surface area contributed by atoms with Crippen LogP contribution in [0.15, 0.2) is 41.2 Å². The van der Waals surface area contributed by atoms with Crippen LogP contribution in [0.25, 0.3) is 0 Å². The van der Waals surface area contributed by atoms with Crippen molar-refractivity contribution in [2.75, 3.05) is 26.5 Å². The average molecular weight is 245 g/mol. The van der Waals surface area contributed by atoms with E-state index in [4.69, 9.17) is 4.74 Å². The number of ether oxygens (including phenoxy) is 1. The summed E-state index contributed by atoms with van der Waals surface area (Å²) in [5.41, 5.74) is 2.05. The number of anilines is 1. The minimum atomic E-state index is -0.133. The fourth-order valence-corrected chi connectivity index (χ4v) is 1.66. The zero-order valence-corrected chi connectivity index (χ0v) is 10.6. The van der Waals surface area contributed by atoms with Crippen LogP contribution in [0.2, 0.25) is 0 Å². The van der Waals surface area contributed by atoms with Gasteiger partial charge in [-0.1, -0.05) is 12.1 Å². The number of carbonyl (C=O) groups is 1. The predicted molar refractivity (Wildman–Crippen MR) is 70.4 cm³/mol. The van der Waals surface area contributed by atoms with Gasteiger partial charge in [-0.2, -0.15) is 0 Å². The van der Waals surface area contributed by atoms with Crippen molar-refractivity contribution in [3.8, 4) is 0 Å². The van der Waals surface area contributed by atoms with Gasteiger partial charge >= 0.3 is 0 Å². The lowest BCUT2D eigenvalue weighted by Crippen LogP contribution is -2.26. The van der Waals surface area contributed by atoms with Gasteiger partial charge < -0.3 is 15.0 Å². The molecule has 1 heterocycles. The number of aliphatic imine (C=N–C) groups is 1. The molecule has 0 saturated heterocycles. The summed E-state index contributed by atoms with van der Waals surface area (Å²) in [5, 5.41) is 3.08. The SMILES string of the molecule is COC1=NC=C(C(=O)N(C)C)Nc2ccccc21. The first-order valence-electron chi connectivity index (χ1n) is 5.53. The first-order chi connectivity index (χ1) is 8.63. The molecule has 0 fully saturated rings. The summed E-state index contributed by atoms with van der Waals surface area (Å²) in [5.74, 6) is 0.352. The van der Waals surface area contributed by atoms with Gasteiger partial charge in [0.15, 0.2) is 0 Å². The normalized spacial score (nSPS) is 13.5. The van der Waals surface area contributed by atoms with E-state index < -0.39 is 0 Å². The van der Waals surface area contributed by atoms with Gasteiger partial charge in [-0.05, 0) is 12.1 Å². The minimum Gasteiger partial charge on any atom is -0.481 e. The molecular formula is C13H15N3O2. The summed E-state index contributed by atoms with van der Waals surface area (Å²) < 4.78 is 5.23. The Hall–Kier alpha value is -2.30. The molecular weight excluding hydrogens is 230 g/mol. The first kappa shape index (κ1) is 12.2. The van der Waals surface area contributed by atoms with Gasteiger partial charge in [-0.25, -0.2) is 4.99 Å². The van der Waals surface area contributed by atoms with Gasteiger partial charge in [0.05, 0.1) is 24.6 Å². The molecule has 1 aliphatic heterocycles. The quantitative estimate of drug-likeness (QED) is 0.814. The number of amides is 1. The second kappa shape index (κ2) is 4.91. The van der Waals surface area contributed by atoms with Gasteiger partial charge in [0.1, 0.15) is 5.70 Å². The molecule has 1 aliphatic rings. The van der Waals surface area contributed by atoms with Crippen LogP contribution in [-0.2, 0) is 9.53 Å². The number of nitrogens with one attached hydrogen (secondary N) is 1. The third-order valence-corrected chi connectivity index (χ3v) is 2.57. The Labute approximate surface area is 106 Å². The fraction of sp³-hybridized carbons (Fsp3) is 0.231. The predicted octanol–water partition coefficient (Wildman–Crippen LogP) is 1.43. The van der Waals surface area contributed by atoms with Crippen molar-refractivity contribution in [3.05, 3.63) is 41.7 Å². The highest BCUT2D eigenvalue weighted by Gasteiger charge is 2.18. The molecule has 18 heavy (non-hydrogen) atoms. The monoisotopic (exact) mass is 245 g/mol. The number of benzene rings is 1. The molecule has 1 aromatic carbocycles. The number of nitrogens with zero attached hydrogens (tertiary/aromatic N) is 2. The molecule has 5 nitrogen and oxygen atoms in total. The number of para-hydroxylation sites is 1. The number of carbonyl (C=O) groups excluding carboxylic acids is 1. The number of likely N-dealkylation sites (N-methyl/N-ethyl adjacent to an activating group) is 1. The molecule has 1 N–H and O–H groups in total. The van der Waals surface area contributed by atoms with E-state index in [1.807, 2.05) is 24.3 Å². The van der Waals surface area contributed by atoms with Gasteiger partial charge in [0.2, 0.25) is 5.90 Å². The molecule has 1 aromatic rings. The number of rotatable bonds is 1. The van der Waals surface area contributed by atoms with Crippen LogP contribution in [0.1, 0.15) is 5.56 Å². The molecule has 0 spiro atoms. The lowest BCUT2D eigenvalue weighted by molar-refractivity contribution is -0.124. The zero-order chi connectivity index (χ0) is 13.1. The molecule has 0 radical (unpaired) electrons. The minimum absolute atomic E-state index is 0.133. The van der Waals surface area contributed by atoms with E-state index in [1.165, 1.54) is 11.1 Å². The molecule has 5 heteroatoms. The standard InChI is InChI=1S/C13H15N3O2/c1-16(2)13(17)11-8-14-12(18-3)9-6-4-5-7-10(9)15-11/h4-8,15H,1-3H3. The van der Waals surface area contributed by atoms with Crippen LogP contribution in [0.4, 0.5) is 5.69 Å². The summed E-state index contributed by atoms with van der Waals surface area (Å²) in [6.07, 6.45) is 1.49. The van der Waals surface area contributed by atoms with Gasteiger partial charge in [0.25, 0.3) is 5.91 Å². The van der Waals surface area contributed by atoms with Crippen LogP contribution in [-0.4, -0.2) is 37.9 Å². The molecule has 0 bridgehead atoms. The van der Waals surface area contributed by atoms with Crippen molar-refractivity contribution in [1.29, 1.82) is 0 Å². The van der Waals surface area contributed by atoms with Crippen molar-refractivity contribution >= 4 is 17.5 Å². The highest BCUT2D eigenvalue weighted by molar-refractivity contribution is 6.04. The van der Waals surface area contributed by atoms with E-state index in [1.54, 1.807) is 21.2 Å². The number of hydrogen-bond donors (Lipinski definition) is 1. The van der Waals surface area contributed by atoms with E-state index >= 15 is 0 Å². The van der Waals surface area contributed by atoms with E-state index in [-0.39, 0.29) is 5.91 Å². The van der Waals surface area contributed by atoms with Crippen LogP contribution >= 0.6 is 0 Å². The number of fused-ring (bicyclic) bond motifs is 1. The Morgan fingerprint density at radius 1 is 1.33 bits per heavy atom. The van der Waals surface area contributed by atoms with Crippen molar-refractivity contribution in [1.82, 2.24) is 4.90 Å². The third kappa shape index (κ3) is 2.20. The van der Waals surface area contributed by atoms with Crippen LogP contribution in [0.5, 0.6) is 0 Å². The second-order valence-corrected chi connectivity index (χ2v) is 4.05. The van der Waals surface area contributed by atoms with Crippen molar-refractivity contribution < 1.29 is 9.53 Å². The molecule has 94 valence electrons. The molecule has 0 aromatic heterocycles. The lowest BCUT2D eigenvalue weighted by atomic mass is 10.1. The largest absolute Gasteiger partial charge is 0.481 e. The van der Waals surface area contributed by atoms with E-state index in [2.05, 4.69) is 10.3 Å². The summed E-state index contributed by atoms with van der Waals surface area (Å²) in [6.45, 7) is 0. The summed E-state index contributed by atoms with van der Waals surface area (Å²) in [4.78, 5) is 17.6. The van der Waals surface area contributed by atoms with Gasteiger partial charge in [0, 0.05) is 14.1 Å². The van der Waals surface area contributed by atoms with Crippen LogP contribution in [0.3, 0.4) is 0 Å². The smallest absolute Gasteiger partial charge is 0.271 e. The fourth-order valence-electron chi connectivity index (χ4n) is 1.66. The number of hydrogen-bond acceptors (Lipinski definition) is 4. The zero-order valence-electron chi connectivity index (χ0n) is 10.6. The maximum absolute atomic E-state index is 11.9. The molecule has 0 aliphatic carbocycles. The molecule has 1 amide bonds. The molecule has 0 saturated carbocycles. The van der Waals surface area contributed by atoms with E-state index in [0.717, 1.165) is 11.3 Å². The highest BCUT2D eigenvalue weighted by Crippen LogP contribution is 2.21.